The molecular weight excluding hydrogens is 182 g/mol. The number of aliphatic hydroxyl groups is 1. The molecule has 14 heavy (non-hydrogen) atoms. The zero-order valence-electron chi connectivity index (χ0n) is 9.42. The molecule has 0 aliphatic heterocycles. The Morgan fingerprint density at radius 1 is 1.57 bits per heavy atom. The summed E-state index contributed by atoms with van der Waals surface area (Å²) in [4.78, 5) is 11.7. The van der Waals surface area contributed by atoms with Crippen molar-refractivity contribution in [3.8, 4) is 0 Å². The SMILES string of the molecule is [2H]C([2H])(O)CCn1nc2ccccn2c1=O. The van der Waals surface area contributed by atoms with Gasteiger partial charge in [-0.25, -0.2) is 9.48 Å². The molecule has 5 nitrogen and oxygen atoms in total. The number of nitrogens with zero attached hydrogens (tertiary/aromatic N) is 3. The fourth-order valence-electron chi connectivity index (χ4n) is 1.27. The van der Waals surface area contributed by atoms with E-state index in [0.29, 0.717) is 5.65 Å². The first-order valence-corrected chi connectivity index (χ1v) is 4.24. The van der Waals surface area contributed by atoms with Gasteiger partial charge in [0.15, 0.2) is 5.65 Å². The fraction of sp³-hybridized carbons (Fsp3) is 0.333. The number of hydrogen-bond acceptors (Lipinski definition) is 3. The van der Waals surface area contributed by atoms with Crippen LogP contribution in [-0.4, -0.2) is 25.8 Å². The van der Waals surface area contributed by atoms with Crippen molar-refractivity contribution in [2.75, 3.05) is 6.56 Å². The van der Waals surface area contributed by atoms with E-state index in [-0.39, 0.29) is 18.7 Å². The van der Waals surface area contributed by atoms with E-state index >= 15 is 0 Å². The predicted octanol–water partition coefficient (Wildman–Crippen LogP) is -0.122. The van der Waals surface area contributed by atoms with Gasteiger partial charge >= 0.3 is 5.69 Å². The lowest BCUT2D eigenvalue weighted by Gasteiger charge is -1.93. The van der Waals surface area contributed by atoms with E-state index in [2.05, 4.69) is 5.10 Å². The summed E-state index contributed by atoms with van der Waals surface area (Å²) in [5.74, 6) is 0. The number of rotatable bonds is 3. The Morgan fingerprint density at radius 2 is 2.43 bits per heavy atom. The molecule has 2 aromatic heterocycles. The van der Waals surface area contributed by atoms with Crippen molar-refractivity contribution in [2.24, 2.45) is 0 Å². The monoisotopic (exact) mass is 195 g/mol. The third-order valence-electron chi connectivity index (χ3n) is 1.92. The molecule has 0 atom stereocenters. The molecular formula is C9H11N3O2. The van der Waals surface area contributed by atoms with Crippen molar-refractivity contribution in [3.05, 3.63) is 34.9 Å². The van der Waals surface area contributed by atoms with Crippen molar-refractivity contribution in [1.29, 1.82) is 0 Å². The first kappa shape index (κ1) is 6.78. The van der Waals surface area contributed by atoms with Crippen LogP contribution in [0.25, 0.3) is 5.65 Å². The summed E-state index contributed by atoms with van der Waals surface area (Å²) < 4.78 is 16.4. The second-order valence-electron chi connectivity index (χ2n) is 2.84. The van der Waals surface area contributed by atoms with Crippen molar-refractivity contribution in [2.45, 2.75) is 13.0 Å². The summed E-state index contributed by atoms with van der Waals surface area (Å²) in [5.41, 5.74) is 0.172. The van der Waals surface area contributed by atoms with E-state index < -0.39 is 6.56 Å². The zero-order valence-corrected chi connectivity index (χ0v) is 7.42. The van der Waals surface area contributed by atoms with E-state index in [1.165, 1.54) is 4.40 Å². The summed E-state index contributed by atoms with van der Waals surface area (Å²) in [5, 5.41) is 12.9. The Kier molecular flexibility index (Phi) is 1.76. The molecule has 0 bridgehead atoms. The summed E-state index contributed by atoms with van der Waals surface area (Å²) in [6.45, 7) is -2.24. The summed E-state index contributed by atoms with van der Waals surface area (Å²) >= 11 is 0. The smallest absolute Gasteiger partial charge is 0.350 e. The third-order valence-corrected chi connectivity index (χ3v) is 1.92. The average molecular weight is 195 g/mol. The topological polar surface area (TPSA) is 59.5 Å². The van der Waals surface area contributed by atoms with Crippen molar-refractivity contribution < 1.29 is 7.85 Å². The molecule has 2 aromatic rings. The highest BCUT2D eigenvalue weighted by Gasteiger charge is 2.03. The number of aromatic nitrogens is 3. The maximum atomic E-state index is 11.7. The van der Waals surface area contributed by atoms with Gasteiger partial charge in [0, 0.05) is 19.3 Å². The van der Waals surface area contributed by atoms with Crippen LogP contribution in [0.2, 0.25) is 0 Å². The molecule has 0 radical (unpaired) electrons. The predicted molar refractivity (Wildman–Crippen MR) is 51.2 cm³/mol. The highest BCUT2D eigenvalue weighted by Crippen LogP contribution is 1.95. The van der Waals surface area contributed by atoms with Gasteiger partial charge in [0.2, 0.25) is 0 Å². The van der Waals surface area contributed by atoms with Gasteiger partial charge < -0.3 is 5.11 Å². The lowest BCUT2D eigenvalue weighted by Crippen LogP contribution is -2.21. The number of aryl methyl sites for hydroxylation is 1. The Balaban J connectivity index is 2.32. The number of fused-ring (bicyclic) bond motifs is 1. The molecule has 0 saturated heterocycles. The maximum Gasteiger partial charge on any atom is 0.350 e. The molecule has 1 N–H and O–H groups in total. The third kappa shape index (κ3) is 1.42. The second-order valence-corrected chi connectivity index (χ2v) is 2.84. The molecule has 0 unspecified atom stereocenters. The van der Waals surface area contributed by atoms with Crippen LogP contribution in [-0.2, 0) is 6.54 Å². The van der Waals surface area contributed by atoms with Crippen LogP contribution >= 0.6 is 0 Å². The van der Waals surface area contributed by atoms with Crippen molar-refractivity contribution in [1.82, 2.24) is 14.2 Å². The molecule has 2 rings (SSSR count). The standard InChI is InChI=1S/C9H11N3O2/c13-7-3-6-12-9(14)11-5-2-1-4-8(11)10-12/h1-2,4-5,13H,3,6-7H2/i7D2. The molecule has 0 amide bonds. The lowest BCUT2D eigenvalue weighted by molar-refractivity contribution is 0.276. The quantitative estimate of drug-likeness (QED) is 0.742. The van der Waals surface area contributed by atoms with Crippen LogP contribution in [0.4, 0.5) is 0 Å². The fourth-order valence-corrected chi connectivity index (χ4v) is 1.27. The van der Waals surface area contributed by atoms with Gasteiger partial charge in [-0.3, -0.25) is 4.40 Å². The average Bonchev–Trinajstić information content (AvgIpc) is 2.53. The summed E-state index contributed by atoms with van der Waals surface area (Å²) in [6, 6.07) is 5.16. The normalized spacial score (nSPS) is 14.1. The molecule has 0 saturated carbocycles. The van der Waals surface area contributed by atoms with Gasteiger partial charge in [0.25, 0.3) is 0 Å². The Morgan fingerprint density at radius 3 is 3.14 bits per heavy atom. The van der Waals surface area contributed by atoms with Crippen LogP contribution in [0.15, 0.2) is 29.2 Å². The Hall–Kier alpha value is -1.62. The van der Waals surface area contributed by atoms with Crippen LogP contribution in [0.5, 0.6) is 0 Å². The zero-order chi connectivity index (χ0) is 11.8. The highest BCUT2D eigenvalue weighted by atomic mass is 16.3. The largest absolute Gasteiger partial charge is 0.396 e. The Bertz CT molecular complexity index is 556. The van der Waals surface area contributed by atoms with E-state index in [1.807, 2.05) is 0 Å². The Labute approximate surface area is 83.0 Å². The summed E-state index contributed by atoms with van der Waals surface area (Å²) in [6.07, 6.45) is 1.42. The molecule has 0 spiro atoms. The maximum absolute atomic E-state index is 11.7. The van der Waals surface area contributed by atoms with Crippen LogP contribution in [0, 0.1) is 0 Å². The highest BCUT2D eigenvalue weighted by molar-refractivity contribution is 5.35. The second kappa shape index (κ2) is 3.63. The lowest BCUT2D eigenvalue weighted by atomic mass is 10.5. The first-order chi connectivity index (χ1) is 7.47. The van der Waals surface area contributed by atoms with Gasteiger partial charge in [0.1, 0.15) is 0 Å². The minimum absolute atomic E-state index is 0.0456. The molecule has 0 aliphatic carbocycles. The number of hydrogen-bond donors (Lipinski definition) is 1. The number of pyridine rings is 1. The van der Waals surface area contributed by atoms with Gasteiger partial charge in [-0.1, -0.05) is 6.07 Å². The van der Waals surface area contributed by atoms with Gasteiger partial charge in [-0.2, -0.15) is 0 Å². The molecule has 74 valence electrons. The van der Waals surface area contributed by atoms with E-state index in [9.17, 15) is 4.79 Å². The van der Waals surface area contributed by atoms with Crippen molar-refractivity contribution >= 4 is 5.65 Å². The van der Waals surface area contributed by atoms with Crippen molar-refractivity contribution in [3.63, 3.8) is 0 Å². The molecule has 5 heteroatoms. The minimum Gasteiger partial charge on any atom is -0.396 e. The molecule has 0 fully saturated rings. The van der Waals surface area contributed by atoms with Crippen LogP contribution < -0.4 is 5.69 Å². The van der Waals surface area contributed by atoms with E-state index in [0.717, 1.165) is 4.68 Å². The minimum atomic E-state index is -2.28. The van der Waals surface area contributed by atoms with Crippen LogP contribution in [0.3, 0.4) is 0 Å². The van der Waals surface area contributed by atoms with E-state index in [4.69, 9.17) is 7.85 Å². The van der Waals surface area contributed by atoms with E-state index in [1.54, 1.807) is 24.4 Å². The van der Waals surface area contributed by atoms with Crippen LogP contribution in [0.1, 0.15) is 9.16 Å². The first-order valence-electron chi connectivity index (χ1n) is 5.24. The van der Waals surface area contributed by atoms with Gasteiger partial charge in [0.05, 0.1) is 2.74 Å². The summed E-state index contributed by atoms with van der Waals surface area (Å²) in [7, 11) is 0. The molecule has 0 aromatic carbocycles. The molecule has 0 aliphatic rings. The van der Waals surface area contributed by atoms with Gasteiger partial charge in [-0.05, 0) is 18.6 Å². The van der Waals surface area contributed by atoms with Gasteiger partial charge in [-0.15, -0.1) is 5.10 Å². The molecule has 2 heterocycles.